The Morgan fingerprint density at radius 3 is 1.74 bits per heavy atom. The van der Waals surface area contributed by atoms with Gasteiger partial charge in [0.25, 0.3) is 0 Å². The number of benzene rings is 2. The first-order valence-electron chi connectivity index (χ1n) is 5.79. The van der Waals surface area contributed by atoms with Crippen molar-refractivity contribution >= 4 is 7.82 Å². The number of hydrogen-bond donors (Lipinski definition) is 1. The van der Waals surface area contributed by atoms with Crippen LogP contribution < -0.4 is 0 Å². The van der Waals surface area contributed by atoms with Gasteiger partial charge in [0.2, 0.25) is 0 Å². The molecule has 4 nitrogen and oxygen atoms in total. The maximum Gasteiger partial charge on any atom is 0.472 e. The molecule has 1 N–H and O–H groups in total. The van der Waals surface area contributed by atoms with Crippen molar-refractivity contribution < 1.29 is 18.5 Å². The minimum absolute atomic E-state index is 0.641. The number of hydrogen-bond acceptors (Lipinski definition) is 3. The van der Waals surface area contributed by atoms with E-state index < -0.39 is 13.9 Å². The van der Waals surface area contributed by atoms with Crippen molar-refractivity contribution in [3.63, 3.8) is 0 Å². The Morgan fingerprint density at radius 2 is 1.37 bits per heavy atom. The number of rotatable bonds is 5. The highest BCUT2D eigenvalue weighted by atomic mass is 31.2. The molecule has 0 aromatic heterocycles. The first-order chi connectivity index (χ1) is 9.12. The van der Waals surface area contributed by atoms with Crippen LogP contribution >= 0.6 is 7.82 Å². The lowest BCUT2D eigenvalue weighted by Gasteiger charge is -2.20. The van der Waals surface area contributed by atoms with Crippen molar-refractivity contribution in [1.29, 1.82) is 0 Å². The fourth-order valence-electron chi connectivity index (χ4n) is 1.75. The molecule has 1 unspecified atom stereocenters. The minimum atomic E-state index is -4.06. The van der Waals surface area contributed by atoms with Gasteiger partial charge in [0.15, 0.2) is 0 Å². The summed E-state index contributed by atoms with van der Waals surface area (Å²) in [7, 11) is -2.91. The first-order valence-corrected chi connectivity index (χ1v) is 7.29. The van der Waals surface area contributed by atoms with Gasteiger partial charge < -0.3 is 4.89 Å². The van der Waals surface area contributed by atoms with Crippen molar-refractivity contribution in [2.24, 2.45) is 0 Å². The van der Waals surface area contributed by atoms with Crippen LogP contribution in [0.25, 0.3) is 0 Å². The van der Waals surface area contributed by atoms with Gasteiger partial charge in [-0.3, -0.25) is 9.05 Å². The molecule has 0 radical (unpaired) electrons. The molecule has 0 aliphatic carbocycles. The van der Waals surface area contributed by atoms with Crippen LogP contribution in [0.1, 0.15) is 17.2 Å². The van der Waals surface area contributed by atoms with E-state index in [4.69, 9.17) is 4.52 Å². The fraction of sp³-hybridized carbons (Fsp3) is 0.143. The molecule has 0 aliphatic rings. The van der Waals surface area contributed by atoms with Gasteiger partial charge in [-0.2, -0.15) is 0 Å². The molecule has 0 heterocycles. The zero-order chi connectivity index (χ0) is 13.7. The maximum absolute atomic E-state index is 11.7. The Bertz CT molecular complexity index is 517. The van der Waals surface area contributed by atoms with E-state index in [-0.39, 0.29) is 0 Å². The summed E-state index contributed by atoms with van der Waals surface area (Å²) in [5.74, 6) is 0. The standard InChI is InChI=1S/C14H15O4P/c1-17-19(15,16)18-14(12-8-4-2-5-9-12)13-10-6-3-7-11-13/h2-11,14H,1H3,(H,15,16). The molecule has 2 aromatic carbocycles. The van der Waals surface area contributed by atoms with Crippen molar-refractivity contribution in [1.82, 2.24) is 0 Å². The zero-order valence-electron chi connectivity index (χ0n) is 10.5. The van der Waals surface area contributed by atoms with E-state index in [2.05, 4.69) is 4.52 Å². The first kappa shape index (κ1) is 14.0. The molecule has 0 fully saturated rings. The molecule has 5 heteroatoms. The summed E-state index contributed by atoms with van der Waals surface area (Å²) in [5, 5.41) is 0. The second-order valence-electron chi connectivity index (χ2n) is 3.96. The third kappa shape index (κ3) is 3.75. The summed E-state index contributed by atoms with van der Waals surface area (Å²) in [6.45, 7) is 0. The van der Waals surface area contributed by atoms with Crippen LogP contribution in [0.4, 0.5) is 0 Å². The predicted molar refractivity (Wildman–Crippen MR) is 72.6 cm³/mol. The predicted octanol–water partition coefficient (Wildman–Crippen LogP) is 3.54. The van der Waals surface area contributed by atoms with Crippen LogP contribution in [0.5, 0.6) is 0 Å². The van der Waals surface area contributed by atoms with Crippen molar-refractivity contribution in [3.05, 3.63) is 71.8 Å². The molecule has 19 heavy (non-hydrogen) atoms. The van der Waals surface area contributed by atoms with E-state index in [9.17, 15) is 9.46 Å². The number of phosphoric acid groups is 1. The summed E-state index contributed by atoms with van der Waals surface area (Å²) in [6.07, 6.45) is -0.641. The van der Waals surface area contributed by atoms with Crippen LogP contribution in [0, 0.1) is 0 Å². The summed E-state index contributed by atoms with van der Waals surface area (Å²) < 4.78 is 21.4. The second-order valence-corrected chi connectivity index (χ2v) is 5.47. The van der Waals surface area contributed by atoms with Crippen LogP contribution in [-0.2, 0) is 13.6 Å². The van der Waals surface area contributed by atoms with Crippen LogP contribution in [0.3, 0.4) is 0 Å². The van der Waals surface area contributed by atoms with E-state index in [1.165, 1.54) is 0 Å². The second kappa shape index (κ2) is 6.13. The average molecular weight is 278 g/mol. The zero-order valence-corrected chi connectivity index (χ0v) is 11.4. The van der Waals surface area contributed by atoms with Gasteiger partial charge in [-0.25, -0.2) is 4.57 Å². The smallest absolute Gasteiger partial charge is 0.302 e. The highest BCUT2D eigenvalue weighted by Crippen LogP contribution is 2.48. The molecule has 2 aromatic rings. The third-order valence-corrected chi connectivity index (χ3v) is 3.61. The van der Waals surface area contributed by atoms with E-state index in [1.807, 2.05) is 60.7 Å². The van der Waals surface area contributed by atoms with Gasteiger partial charge in [-0.05, 0) is 11.1 Å². The Kier molecular flexibility index (Phi) is 4.51. The Labute approximate surface area is 112 Å². The molecule has 2 rings (SSSR count). The van der Waals surface area contributed by atoms with Crippen molar-refractivity contribution in [3.8, 4) is 0 Å². The lowest BCUT2D eigenvalue weighted by Crippen LogP contribution is -2.05. The summed E-state index contributed by atoms with van der Waals surface area (Å²) >= 11 is 0. The van der Waals surface area contributed by atoms with Gasteiger partial charge >= 0.3 is 7.82 Å². The molecule has 0 saturated heterocycles. The van der Waals surface area contributed by atoms with Crippen molar-refractivity contribution in [2.45, 2.75) is 6.10 Å². The van der Waals surface area contributed by atoms with Crippen LogP contribution in [0.2, 0.25) is 0 Å². The van der Waals surface area contributed by atoms with E-state index >= 15 is 0 Å². The summed E-state index contributed by atoms with van der Waals surface area (Å²) in [5.41, 5.74) is 1.58. The quantitative estimate of drug-likeness (QED) is 0.850. The molecule has 0 amide bonds. The lowest BCUT2D eigenvalue weighted by atomic mass is 10.0. The molecule has 100 valence electrons. The van der Waals surface area contributed by atoms with Gasteiger partial charge in [-0.1, -0.05) is 60.7 Å². The maximum atomic E-state index is 11.7. The third-order valence-electron chi connectivity index (χ3n) is 2.67. The Morgan fingerprint density at radius 1 is 0.947 bits per heavy atom. The molecule has 1 atom stereocenters. The summed E-state index contributed by atoms with van der Waals surface area (Å²) in [6, 6.07) is 18.5. The molecule has 0 saturated carbocycles. The average Bonchev–Trinajstić information content (AvgIpc) is 2.47. The minimum Gasteiger partial charge on any atom is -0.302 e. The van der Waals surface area contributed by atoms with Gasteiger partial charge in [0.1, 0.15) is 6.10 Å². The largest absolute Gasteiger partial charge is 0.472 e. The molecular weight excluding hydrogens is 263 g/mol. The monoisotopic (exact) mass is 278 g/mol. The molecule has 0 aliphatic heterocycles. The lowest BCUT2D eigenvalue weighted by molar-refractivity contribution is 0.140. The van der Waals surface area contributed by atoms with E-state index in [1.54, 1.807) is 0 Å². The van der Waals surface area contributed by atoms with Crippen LogP contribution in [-0.4, -0.2) is 12.0 Å². The molecular formula is C14H15O4P. The SMILES string of the molecule is COP(=O)(O)OC(c1ccccc1)c1ccccc1. The topological polar surface area (TPSA) is 55.8 Å². The van der Waals surface area contributed by atoms with E-state index in [0.717, 1.165) is 18.2 Å². The highest BCUT2D eigenvalue weighted by Gasteiger charge is 2.27. The Balaban J connectivity index is 2.37. The van der Waals surface area contributed by atoms with Crippen molar-refractivity contribution in [2.75, 3.05) is 7.11 Å². The van der Waals surface area contributed by atoms with Gasteiger partial charge in [0, 0.05) is 7.11 Å². The normalized spacial score (nSPS) is 14.3. The number of phosphoric ester groups is 1. The van der Waals surface area contributed by atoms with Crippen LogP contribution in [0.15, 0.2) is 60.7 Å². The Hall–Kier alpha value is -1.45. The molecule has 0 spiro atoms. The van der Waals surface area contributed by atoms with E-state index in [0.29, 0.717) is 0 Å². The molecule has 0 bridgehead atoms. The summed E-state index contributed by atoms with van der Waals surface area (Å²) in [4.78, 5) is 9.53. The van der Waals surface area contributed by atoms with Gasteiger partial charge in [0.05, 0.1) is 0 Å². The fourth-order valence-corrected chi connectivity index (χ4v) is 2.34. The van der Waals surface area contributed by atoms with Gasteiger partial charge in [-0.15, -0.1) is 0 Å². The highest BCUT2D eigenvalue weighted by molar-refractivity contribution is 7.47.